The number of hydrogen-bond donors (Lipinski definition) is 4. The molecular weight excluding hydrogens is 208 g/mol. The highest BCUT2D eigenvalue weighted by atomic mass is 35.5. The molecule has 0 aromatic rings. The smallest absolute Gasteiger partial charge is 0.320 e. The van der Waals surface area contributed by atoms with Crippen molar-refractivity contribution >= 4 is 24.3 Å². The predicted octanol–water partition coefficient (Wildman–Crippen LogP) is -0.866. The quantitative estimate of drug-likeness (QED) is 0.276. The van der Waals surface area contributed by atoms with Gasteiger partial charge in [0, 0.05) is 13.6 Å². The zero-order valence-electron chi connectivity index (χ0n) is 8.06. The average molecular weight is 225 g/mol. The number of rotatable bonds is 5. The van der Waals surface area contributed by atoms with Gasteiger partial charge in [-0.15, -0.1) is 12.4 Å². The van der Waals surface area contributed by atoms with Gasteiger partial charge in [-0.25, -0.2) is 0 Å². The van der Waals surface area contributed by atoms with Crippen molar-refractivity contribution in [3.63, 3.8) is 0 Å². The van der Waals surface area contributed by atoms with Gasteiger partial charge < -0.3 is 21.9 Å². The molecule has 0 aromatic heterocycles. The van der Waals surface area contributed by atoms with Crippen LogP contribution < -0.4 is 16.8 Å². The number of nitrogens with zero attached hydrogens (tertiary/aromatic N) is 1. The van der Waals surface area contributed by atoms with E-state index in [1.165, 1.54) is 0 Å². The number of hydrogen-bond acceptors (Lipinski definition) is 3. The second-order valence-corrected chi connectivity index (χ2v) is 2.62. The summed E-state index contributed by atoms with van der Waals surface area (Å²) < 4.78 is 0. The summed E-state index contributed by atoms with van der Waals surface area (Å²) in [5.74, 6) is -0.624. The van der Waals surface area contributed by atoms with Gasteiger partial charge in [-0.3, -0.25) is 9.79 Å². The second-order valence-electron chi connectivity index (χ2n) is 2.62. The standard InChI is InChI=1S/C7H16N4O2.ClH/c1-10-7(9)11-4-2-3-5(8)6(12)13;/h5H,2-4,8H2,1H3,(H,12,13)(H3,9,10,11);1H/t5-;/m1./s1. The van der Waals surface area contributed by atoms with Crippen LogP contribution in [0.4, 0.5) is 0 Å². The van der Waals surface area contributed by atoms with Gasteiger partial charge in [-0.2, -0.15) is 0 Å². The van der Waals surface area contributed by atoms with Crippen LogP contribution in [0.5, 0.6) is 0 Å². The van der Waals surface area contributed by atoms with Gasteiger partial charge >= 0.3 is 5.97 Å². The zero-order chi connectivity index (χ0) is 10.3. The Morgan fingerprint density at radius 3 is 2.64 bits per heavy atom. The number of nitrogens with one attached hydrogen (secondary N) is 1. The summed E-state index contributed by atoms with van der Waals surface area (Å²) in [6.45, 7) is 0.587. The van der Waals surface area contributed by atoms with Crippen molar-refractivity contribution in [3.8, 4) is 0 Å². The highest BCUT2D eigenvalue weighted by Gasteiger charge is 2.09. The van der Waals surface area contributed by atoms with E-state index in [0.29, 0.717) is 25.3 Å². The van der Waals surface area contributed by atoms with Crippen molar-refractivity contribution in [1.82, 2.24) is 5.32 Å². The van der Waals surface area contributed by atoms with E-state index in [1.807, 2.05) is 0 Å². The van der Waals surface area contributed by atoms with Crippen molar-refractivity contribution in [1.29, 1.82) is 0 Å². The van der Waals surface area contributed by atoms with E-state index in [1.54, 1.807) is 7.05 Å². The number of aliphatic carboxylic acids is 1. The molecule has 6 N–H and O–H groups in total. The van der Waals surface area contributed by atoms with Crippen LogP contribution >= 0.6 is 12.4 Å². The largest absolute Gasteiger partial charge is 0.480 e. The normalized spacial score (nSPS) is 12.9. The van der Waals surface area contributed by atoms with E-state index in [2.05, 4.69) is 10.3 Å². The van der Waals surface area contributed by atoms with Gasteiger partial charge in [0.15, 0.2) is 5.96 Å². The highest BCUT2D eigenvalue weighted by Crippen LogP contribution is 1.92. The lowest BCUT2D eigenvalue weighted by Gasteiger charge is -2.07. The maximum absolute atomic E-state index is 10.3. The fourth-order valence-electron chi connectivity index (χ4n) is 0.741. The lowest BCUT2D eigenvalue weighted by Crippen LogP contribution is -2.34. The molecule has 0 aliphatic carbocycles. The van der Waals surface area contributed by atoms with E-state index in [4.69, 9.17) is 16.6 Å². The topological polar surface area (TPSA) is 114 Å². The van der Waals surface area contributed by atoms with Crippen LogP contribution in [0.3, 0.4) is 0 Å². The molecule has 0 amide bonds. The van der Waals surface area contributed by atoms with Crippen LogP contribution in [-0.2, 0) is 4.79 Å². The third-order valence-electron chi connectivity index (χ3n) is 1.56. The van der Waals surface area contributed by atoms with Crippen LogP contribution in [0.1, 0.15) is 12.8 Å². The van der Waals surface area contributed by atoms with Crippen LogP contribution in [0.15, 0.2) is 4.99 Å². The summed E-state index contributed by atoms with van der Waals surface area (Å²) >= 11 is 0. The number of halogens is 1. The molecule has 84 valence electrons. The molecule has 1 atom stereocenters. The van der Waals surface area contributed by atoms with E-state index in [0.717, 1.165) is 0 Å². The number of carboxylic acids is 1. The maximum atomic E-state index is 10.3. The molecule has 0 aliphatic rings. The number of carboxylic acid groups (broad SMARTS) is 1. The Morgan fingerprint density at radius 1 is 1.64 bits per heavy atom. The molecule has 7 heteroatoms. The van der Waals surface area contributed by atoms with Gasteiger partial charge in [-0.1, -0.05) is 0 Å². The Labute approximate surface area is 89.2 Å². The first-order chi connectivity index (χ1) is 6.07. The molecule has 0 heterocycles. The van der Waals surface area contributed by atoms with Crippen LogP contribution in [-0.4, -0.2) is 36.7 Å². The monoisotopic (exact) mass is 224 g/mol. The van der Waals surface area contributed by atoms with Crippen molar-refractivity contribution < 1.29 is 9.90 Å². The third kappa shape index (κ3) is 7.63. The minimum Gasteiger partial charge on any atom is -0.480 e. The summed E-state index contributed by atoms with van der Waals surface area (Å²) in [7, 11) is 1.57. The van der Waals surface area contributed by atoms with Crippen LogP contribution in [0.2, 0.25) is 0 Å². The summed E-state index contributed by atoms with van der Waals surface area (Å²) in [5.41, 5.74) is 10.6. The number of nitrogens with two attached hydrogens (primary N) is 2. The highest BCUT2D eigenvalue weighted by molar-refractivity contribution is 5.85. The first-order valence-corrected chi connectivity index (χ1v) is 4.02. The Balaban J connectivity index is 0. The summed E-state index contributed by atoms with van der Waals surface area (Å²) in [6, 6.07) is -0.790. The molecule has 0 radical (unpaired) electrons. The van der Waals surface area contributed by atoms with E-state index >= 15 is 0 Å². The first-order valence-electron chi connectivity index (χ1n) is 4.02. The van der Waals surface area contributed by atoms with Gasteiger partial charge in [0.25, 0.3) is 0 Å². The third-order valence-corrected chi connectivity index (χ3v) is 1.56. The van der Waals surface area contributed by atoms with Crippen LogP contribution in [0, 0.1) is 0 Å². The van der Waals surface area contributed by atoms with E-state index in [-0.39, 0.29) is 12.4 Å². The second kappa shape index (κ2) is 8.58. The van der Waals surface area contributed by atoms with Crippen molar-refractivity contribution in [2.75, 3.05) is 13.6 Å². The zero-order valence-corrected chi connectivity index (χ0v) is 8.88. The molecular formula is C7H17ClN4O2. The van der Waals surface area contributed by atoms with Crippen molar-refractivity contribution in [2.45, 2.75) is 18.9 Å². The number of carbonyl (C=O) groups is 1. The molecule has 14 heavy (non-hydrogen) atoms. The molecule has 0 saturated carbocycles. The first kappa shape index (κ1) is 15.5. The van der Waals surface area contributed by atoms with Gasteiger partial charge in [-0.05, 0) is 12.8 Å². The Kier molecular flexibility index (Phi) is 9.48. The molecule has 0 rings (SSSR count). The van der Waals surface area contributed by atoms with E-state index in [9.17, 15) is 4.79 Å². The molecule has 0 fully saturated rings. The Morgan fingerprint density at radius 2 is 2.21 bits per heavy atom. The van der Waals surface area contributed by atoms with Gasteiger partial charge in [0.1, 0.15) is 6.04 Å². The Bertz CT molecular complexity index is 198. The fourth-order valence-corrected chi connectivity index (χ4v) is 0.741. The molecule has 0 aliphatic heterocycles. The summed E-state index contributed by atoms with van der Waals surface area (Å²) in [5, 5.41) is 11.2. The van der Waals surface area contributed by atoms with Crippen LogP contribution in [0.25, 0.3) is 0 Å². The molecule has 0 aromatic carbocycles. The fraction of sp³-hybridized carbons (Fsp3) is 0.714. The van der Waals surface area contributed by atoms with Gasteiger partial charge in [0.2, 0.25) is 0 Å². The maximum Gasteiger partial charge on any atom is 0.320 e. The Hall–Kier alpha value is -1.01. The molecule has 0 spiro atoms. The molecule has 0 bridgehead atoms. The lowest BCUT2D eigenvalue weighted by molar-refractivity contribution is -0.138. The van der Waals surface area contributed by atoms with Crippen molar-refractivity contribution in [3.05, 3.63) is 0 Å². The molecule has 0 unspecified atom stereocenters. The lowest BCUT2D eigenvalue weighted by atomic mass is 10.2. The average Bonchev–Trinajstić information content (AvgIpc) is 2.11. The number of aliphatic imine (C=N–C) groups is 1. The minimum absolute atomic E-state index is 0. The minimum atomic E-state index is -0.975. The molecule has 6 nitrogen and oxygen atoms in total. The predicted molar refractivity (Wildman–Crippen MR) is 57.6 cm³/mol. The van der Waals surface area contributed by atoms with Gasteiger partial charge in [0.05, 0.1) is 0 Å². The summed E-state index contributed by atoms with van der Waals surface area (Å²) in [6.07, 6.45) is 1.09. The summed E-state index contributed by atoms with van der Waals surface area (Å²) in [4.78, 5) is 14.0. The SMILES string of the molecule is CN=C(N)NCCC[C@@H](N)C(=O)O.Cl. The van der Waals surface area contributed by atoms with Crippen molar-refractivity contribution in [2.24, 2.45) is 16.5 Å². The van der Waals surface area contributed by atoms with E-state index < -0.39 is 12.0 Å². The molecule has 0 saturated heterocycles. The number of guanidine groups is 1.